The zero-order chi connectivity index (χ0) is 6.54. The number of hydrogen-bond acceptors (Lipinski definition) is 2. The highest BCUT2D eigenvalue weighted by atomic mass is 16.5. The lowest BCUT2D eigenvalue weighted by atomic mass is 9.64. The van der Waals surface area contributed by atoms with Crippen LogP contribution < -0.4 is 0 Å². The van der Waals surface area contributed by atoms with E-state index in [-0.39, 0.29) is 5.60 Å². The van der Waals surface area contributed by atoms with Crippen molar-refractivity contribution in [2.24, 2.45) is 0 Å². The van der Waals surface area contributed by atoms with Crippen LogP contribution in [0.25, 0.3) is 0 Å². The Morgan fingerprint density at radius 2 is 2.00 bits per heavy atom. The van der Waals surface area contributed by atoms with Gasteiger partial charge in [-0.25, -0.2) is 0 Å². The number of hydrogen-bond donors (Lipinski definition) is 1. The molecule has 1 saturated carbocycles. The molecule has 2 heteroatoms. The first-order chi connectivity index (χ1) is 4.12. The first-order valence-electron chi connectivity index (χ1n) is 3.48. The molecule has 1 aliphatic carbocycles. The van der Waals surface area contributed by atoms with Gasteiger partial charge in [0.2, 0.25) is 0 Å². The first-order valence-corrected chi connectivity index (χ1v) is 3.48. The van der Waals surface area contributed by atoms with E-state index in [4.69, 9.17) is 4.74 Å². The Morgan fingerprint density at radius 1 is 1.44 bits per heavy atom. The fourth-order valence-electron chi connectivity index (χ4n) is 2.01. The molecule has 1 heterocycles. The predicted molar refractivity (Wildman–Crippen MR) is 33.2 cm³/mol. The van der Waals surface area contributed by atoms with Crippen molar-refractivity contribution in [3.05, 3.63) is 0 Å². The third kappa shape index (κ3) is 0.700. The maximum absolute atomic E-state index is 9.33. The zero-order valence-electron chi connectivity index (χ0n) is 5.68. The second-order valence-corrected chi connectivity index (χ2v) is 3.63. The Morgan fingerprint density at radius 3 is 2.11 bits per heavy atom. The van der Waals surface area contributed by atoms with Gasteiger partial charge >= 0.3 is 0 Å². The molecule has 0 bridgehead atoms. The van der Waals surface area contributed by atoms with Crippen LogP contribution in [0.2, 0.25) is 0 Å². The van der Waals surface area contributed by atoms with Gasteiger partial charge in [0, 0.05) is 12.8 Å². The van der Waals surface area contributed by atoms with Gasteiger partial charge in [-0.05, 0) is 13.3 Å². The van der Waals surface area contributed by atoms with E-state index in [1.165, 1.54) is 0 Å². The maximum Gasteiger partial charge on any atom is 0.0759 e. The number of rotatable bonds is 0. The third-order valence-electron chi connectivity index (χ3n) is 2.37. The minimum atomic E-state index is -0.416. The molecule has 1 aliphatic heterocycles. The number of aliphatic hydroxyl groups is 1. The van der Waals surface area contributed by atoms with Gasteiger partial charge in [0.25, 0.3) is 0 Å². The Labute approximate surface area is 54.8 Å². The van der Waals surface area contributed by atoms with Crippen molar-refractivity contribution in [3.63, 3.8) is 0 Å². The molecule has 52 valence electrons. The van der Waals surface area contributed by atoms with Crippen LogP contribution >= 0.6 is 0 Å². The maximum atomic E-state index is 9.33. The van der Waals surface area contributed by atoms with E-state index in [1.54, 1.807) is 0 Å². The summed E-state index contributed by atoms with van der Waals surface area (Å²) in [6.45, 7) is 2.77. The predicted octanol–water partition coefficient (Wildman–Crippen LogP) is 0.690. The van der Waals surface area contributed by atoms with Crippen molar-refractivity contribution in [2.75, 3.05) is 6.61 Å². The topological polar surface area (TPSA) is 29.5 Å². The summed E-state index contributed by atoms with van der Waals surface area (Å²) in [6, 6.07) is 0. The van der Waals surface area contributed by atoms with Crippen LogP contribution in [0, 0.1) is 0 Å². The van der Waals surface area contributed by atoms with Crippen molar-refractivity contribution >= 4 is 0 Å². The lowest BCUT2D eigenvalue weighted by molar-refractivity contribution is -0.261. The van der Waals surface area contributed by atoms with Crippen molar-refractivity contribution < 1.29 is 9.84 Å². The largest absolute Gasteiger partial charge is 0.390 e. The van der Waals surface area contributed by atoms with Gasteiger partial charge in [0.1, 0.15) is 0 Å². The Bertz CT molecular complexity index is 126. The highest BCUT2D eigenvalue weighted by molar-refractivity contribution is 5.07. The van der Waals surface area contributed by atoms with E-state index < -0.39 is 5.60 Å². The molecule has 1 spiro atoms. The molecule has 0 aromatic rings. The molecule has 0 atom stereocenters. The van der Waals surface area contributed by atoms with E-state index in [9.17, 15) is 5.11 Å². The minimum absolute atomic E-state index is 0.128. The molecular formula is C7H12O2. The van der Waals surface area contributed by atoms with Crippen molar-refractivity contribution in [1.29, 1.82) is 0 Å². The van der Waals surface area contributed by atoms with E-state index in [0.29, 0.717) is 0 Å². The molecule has 2 nitrogen and oxygen atoms in total. The Kier molecular flexibility index (Phi) is 0.837. The summed E-state index contributed by atoms with van der Waals surface area (Å²) in [5, 5.41) is 9.33. The highest BCUT2D eigenvalue weighted by Crippen LogP contribution is 2.50. The summed E-state index contributed by atoms with van der Waals surface area (Å²) < 4.78 is 5.33. The zero-order valence-corrected chi connectivity index (χ0v) is 5.68. The fraction of sp³-hybridized carbons (Fsp3) is 1.00. The Hall–Kier alpha value is -0.0800. The van der Waals surface area contributed by atoms with Crippen molar-refractivity contribution in [1.82, 2.24) is 0 Å². The first kappa shape index (κ1) is 5.69. The van der Waals surface area contributed by atoms with Gasteiger partial charge in [-0.15, -0.1) is 0 Å². The van der Waals surface area contributed by atoms with E-state index in [1.807, 2.05) is 6.92 Å². The van der Waals surface area contributed by atoms with E-state index in [0.717, 1.165) is 25.9 Å². The molecule has 0 aromatic heterocycles. The van der Waals surface area contributed by atoms with Gasteiger partial charge in [-0.2, -0.15) is 0 Å². The van der Waals surface area contributed by atoms with Crippen molar-refractivity contribution in [3.8, 4) is 0 Å². The molecule has 0 aromatic carbocycles. The number of ether oxygens (including phenoxy) is 1. The van der Waals surface area contributed by atoms with Gasteiger partial charge < -0.3 is 9.84 Å². The smallest absolute Gasteiger partial charge is 0.0759 e. The summed E-state index contributed by atoms with van der Waals surface area (Å²) >= 11 is 0. The van der Waals surface area contributed by atoms with Crippen LogP contribution in [0.4, 0.5) is 0 Å². The fourth-order valence-corrected chi connectivity index (χ4v) is 2.01. The normalized spacial score (nSPS) is 56.7. The lowest BCUT2D eigenvalue weighted by Gasteiger charge is -2.56. The van der Waals surface area contributed by atoms with Crippen LogP contribution in [0.5, 0.6) is 0 Å². The molecule has 0 unspecified atom stereocenters. The van der Waals surface area contributed by atoms with Crippen LogP contribution in [0.15, 0.2) is 0 Å². The SMILES string of the molecule is CC1(O)CC2(CCO2)C1. The molecule has 0 amide bonds. The molecule has 9 heavy (non-hydrogen) atoms. The quantitative estimate of drug-likeness (QED) is 0.520. The molecule has 2 fully saturated rings. The van der Waals surface area contributed by atoms with Crippen LogP contribution in [0.1, 0.15) is 26.2 Å². The van der Waals surface area contributed by atoms with Crippen molar-refractivity contribution in [2.45, 2.75) is 37.4 Å². The van der Waals surface area contributed by atoms with Crippen LogP contribution in [-0.2, 0) is 4.74 Å². The van der Waals surface area contributed by atoms with Gasteiger partial charge in [-0.1, -0.05) is 0 Å². The molecule has 1 N–H and O–H groups in total. The summed E-state index contributed by atoms with van der Waals surface area (Å²) in [5.41, 5.74) is -0.288. The second-order valence-electron chi connectivity index (χ2n) is 3.63. The van der Waals surface area contributed by atoms with Crippen LogP contribution in [-0.4, -0.2) is 22.9 Å². The van der Waals surface area contributed by atoms with Gasteiger partial charge in [0.05, 0.1) is 17.8 Å². The molecular weight excluding hydrogens is 116 g/mol. The summed E-state index contributed by atoms with van der Waals surface area (Å²) in [6.07, 6.45) is 2.85. The second kappa shape index (κ2) is 1.32. The average molecular weight is 128 g/mol. The summed E-state index contributed by atoms with van der Waals surface area (Å²) in [7, 11) is 0. The molecule has 2 aliphatic rings. The van der Waals surface area contributed by atoms with E-state index >= 15 is 0 Å². The lowest BCUT2D eigenvalue weighted by Crippen LogP contribution is -2.61. The van der Waals surface area contributed by atoms with E-state index in [2.05, 4.69) is 0 Å². The average Bonchev–Trinajstić information content (AvgIpc) is 1.54. The molecule has 2 rings (SSSR count). The highest BCUT2D eigenvalue weighted by Gasteiger charge is 2.55. The minimum Gasteiger partial charge on any atom is -0.390 e. The Balaban J connectivity index is 1.96. The molecule has 1 saturated heterocycles. The van der Waals surface area contributed by atoms with Crippen LogP contribution in [0.3, 0.4) is 0 Å². The molecule has 0 radical (unpaired) electrons. The van der Waals surface area contributed by atoms with Gasteiger partial charge in [-0.3, -0.25) is 0 Å². The summed E-state index contributed by atoms with van der Waals surface area (Å²) in [5.74, 6) is 0. The third-order valence-corrected chi connectivity index (χ3v) is 2.37. The van der Waals surface area contributed by atoms with Gasteiger partial charge in [0.15, 0.2) is 0 Å². The monoisotopic (exact) mass is 128 g/mol. The summed E-state index contributed by atoms with van der Waals surface area (Å²) in [4.78, 5) is 0. The standard InChI is InChI=1S/C7H12O2/c1-6(8)4-7(5-6)2-3-9-7/h8H,2-5H2,1H3.